The second-order valence-corrected chi connectivity index (χ2v) is 10.3. The van der Waals surface area contributed by atoms with E-state index in [1.807, 2.05) is 54.6 Å². The molecule has 1 aliphatic heterocycles. The van der Waals surface area contributed by atoms with Crippen molar-refractivity contribution in [1.29, 1.82) is 0 Å². The second-order valence-electron chi connectivity index (χ2n) is 10.3. The molecule has 8 rings (SSSR count). The number of hydrogen-bond acceptors (Lipinski definition) is 4. The van der Waals surface area contributed by atoms with Crippen molar-refractivity contribution in [3.05, 3.63) is 145 Å². The molecule has 0 saturated heterocycles. The molecule has 7 aromatic rings. The molecule has 2 amide bonds. The van der Waals surface area contributed by atoms with Crippen molar-refractivity contribution in [1.82, 2.24) is 14.5 Å². The third-order valence-corrected chi connectivity index (χ3v) is 7.94. The highest BCUT2D eigenvalue weighted by Crippen LogP contribution is 2.40. The van der Waals surface area contributed by atoms with Gasteiger partial charge in [0.05, 0.1) is 33.5 Å². The first kappa shape index (κ1) is 24.0. The summed E-state index contributed by atoms with van der Waals surface area (Å²) in [5, 5.41) is 2.09. The van der Waals surface area contributed by atoms with Crippen LogP contribution in [0.1, 0.15) is 20.7 Å². The number of anilines is 1. The van der Waals surface area contributed by atoms with Crippen LogP contribution in [-0.2, 0) is 0 Å². The van der Waals surface area contributed by atoms with E-state index in [4.69, 9.17) is 0 Å². The third kappa shape index (κ3) is 3.59. The number of carbonyl (C=O) groups is 2. The van der Waals surface area contributed by atoms with Crippen LogP contribution in [0.5, 0.6) is 0 Å². The second kappa shape index (κ2) is 9.35. The SMILES string of the molecule is O=C1c2cccc(-n3c4ccc(-c5ccncc5)cc4c4cc(-c5ccncc5)ccc43)c2C(=O)N1c1ccccc1. The molecular formula is C36H22N4O2. The number of hydrogen-bond donors (Lipinski definition) is 0. The highest BCUT2D eigenvalue weighted by molar-refractivity contribution is 6.35. The monoisotopic (exact) mass is 542 g/mol. The number of aromatic nitrogens is 3. The van der Waals surface area contributed by atoms with Crippen LogP contribution in [0.3, 0.4) is 0 Å². The Morgan fingerprint density at radius 2 is 1.07 bits per heavy atom. The van der Waals surface area contributed by atoms with Crippen LogP contribution >= 0.6 is 0 Å². The summed E-state index contributed by atoms with van der Waals surface area (Å²) in [4.78, 5) is 37.1. The standard InChI is InChI=1S/C36H22N4O2/c41-35-28-7-4-8-33(34(28)36(42)39(35)27-5-2-1-3-6-27)40-31-11-9-25(23-13-17-37-18-14-23)21-29(31)30-22-26(10-12-32(30)40)24-15-19-38-20-16-24/h1-22H. The van der Waals surface area contributed by atoms with Crippen LogP contribution < -0.4 is 4.90 Å². The molecule has 0 aliphatic carbocycles. The van der Waals surface area contributed by atoms with E-state index in [0.717, 1.165) is 44.1 Å². The minimum atomic E-state index is -0.325. The number of rotatable bonds is 4. The first-order valence-electron chi connectivity index (χ1n) is 13.7. The molecule has 0 fully saturated rings. The summed E-state index contributed by atoms with van der Waals surface area (Å²) < 4.78 is 2.11. The van der Waals surface area contributed by atoms with Crippen molar-refractivity contribution in [3.63, 3.8) is 0 Å². The molecule has 0 radical (unpaired) electrons. The van der Waals surface area contributed by atoms with Gasteiger partial charge in [0, 0.05) is 35.6 Å². The van der Waals surface area contributed by atoms with E-state index in [1.165, 1.54) is 4.90 Å². The van der Waals surface area contributed by atoms with Crippen LogP contribution in [0, 0.1) is 0 Å². The van der Waals surface area contributed by atoms with Crippen molar-refractivity contribution in [3.8, 4) is 27.9 Å². The van der Waals surface area contributed by atoms with Crippen molar-refractivity contribution >= 4 is 39.3 Å². The Morgan fingerprint density at radius 1 is 0.500 bits per heavy atom. The largest absolute Gasteiger partial charge is 0.308 e. The summed E-state index contributed by atoms with van der Waals surface area (Å²) in [6.07, 6.45) is 7.16. The predicted molar refractivity (Wildman–Crippen MR) is 165 cm³/mol. The summed E-state index contributed by atoms with van der Waals surface area (Å²) >= 11 is 0. The van der Waals surface area contributed by atoms with Gasteiger partial charge in [-0.3, -0.25) is 19.6 Å². The summed E-state index contributed by atoms with van der Waals surface area (Å²) in [7, 11) is 0. The van der Waals surface area contributed by atoms with E-state index in [-0.39, 0.29) is 11.8 Å². The fraction of sp³-hybridized carbons (Fsp3) is 0. The lowest BCUT2D eigenvalue weighted by Crippen LogP contribution is -2.29. The van der Waals surface area contributed by atoms with Gasteiger partial charge < -0.3 is 4.57 Å². The zero-order valence-corrected chi connectivity index (χ0v) is 22.3. The number of carbonyl (C=O) groups excluding carboxylic acids is 2. The number of pyridine rings is 2. The fourth-order valence-corrected chi connectivity index (χ4v) is 6.00. The number of nitrogens with zero attached hydrogens (tertiary/aromatic N) is 4. The van der Waals surface area contributed by atoms with E-state index < -0.39 is 0 Å². The number of amides is 2. The van der Waals surface area contributed by atoms with Gasteiger partial charge in [0.25, 0.3) is 11.8 Å². The quantitative estimate of drug-likeness (QED) is 0.214. The molecule has 198 valence electrons. The van der Waals surface area contributed by atoms with Gasteiger partial charge in [-0.15, -0.1) is 0 Å². The molecule has 0 bridgehead atoms. The first-order chi connectivity index (χ1) is 20.7. The Balaban J connectivity index is 1.40. The molecule has 0 atom stereocenters. The maximum absolute atomic E-state index is 14.0. The van der Waals surface area contributed by atoms with Crippen LogP contribution in [0.2, 0.25) is 0 Å². The lowest BCUT2D eigenvalue weighted by atomic mass is 10.0. The zero-order valence-electron chi connectivity index (χ0n) is 22.3. The Hall–Kier alpha value is -5.88. The highest BCUT2D eigenvalue weighted by atomic mass is 16.2. The van der Waals surface area contributed by atoms with E-state index in [9.17, 15) is 9.59 Å². The lowest BCUT2D eigenvalue weighted by Gasteiger charge is -2.14. The van der Waals surface area contributed by atoms with Gasteiger partial charge in [-0.05, 0) is 95.1 Å². The number of benzene rings is 4. The number of fused-ring (bicyclic) bond motifs is 4. The van der Waals surface area contributed by atoms with Gasteiger partial charge in [-0.1, -0.05) is 36.4 Å². The lowest BCUT2D eigenvalue weighted by molar-refractivity contribution is 0.0926. The topological polar surface area (TPSA) is 68.1 Å². The zero-order chi connectivity index (χ0) is 28.2. The minimum absolute atomic E-state index is 0.316. The van der Waals surface area contributed by atoms with E-state index in [2.05, 4.69) is 50.9 Å². The number of para-hydroxylation sites is 1. The summed E-state index contributed by atoms with van der Waals surface area (Å²) in [6, 6.07) is 35.3. The Kier molecular flexibility index (Phi) is 5.34. The highest BCUT2D eigenvalue weighted by Gasteiger charge is 2.39. The fourth-order valence-electron chi connectivity index (χ4n) is 6.00. The Morgan fingerprint density at radius 3 is 1.64 bits per heavy atom. The molecule has 0 unspecified atom stereocenters. The van der Waals surface area contributed by atoms with Crippen LogP contribution in [0.15, 0.2) is 134 Å². The van der Waals surface area contributed by atoms with Crippen LogP contribution in [0.4, 0.5) is 5.69 Å². The Labute approximate surface area is 241 Å². The molecular weight excluding hydrogens is 520 g/mol. The summed E-state index contributed by atoms with van der Waals surface area (Å²) in [5.74, 6) is -0.641. The molecule has 42 heavy (non-hydrogen) atoms. The summed E-state index contributed by atoms with van der Waals surface area (Å²) in [5.41, 5.74) is 8.20. The van der Waals surface area contributed by atoms with Crippen LogP contribution in [0.25, 0.3) is 49.7 Å². The van der Waals surface area contributed by atoms with Crippen LogP contribution in [-0.4, -0.2) is 26.3 Å². The molecule has 3 aromatic heterocycles. The van der Waals surface area contributed by atoms with Gasteiger partial charge >= 0.3 is 0 Å². The van der Waals surface area contributed by atoms with Gasteiger partial charge in [0.2, 0.25) is 0 Å². The van der Waals surface area contributed by atoms with Crippen molar-refractivity contribution in [2.45, 2.75) is 0 Å². The molecule has 6 nitrogen and oxygen atoms in total. The smallest absolute Gasteiger partial charge is 0.268 e. The molecule has 0 spiro atoms. The van der Waals surface area contributed by atoms with E-state index in [1.54, 1.807) is 43.0 Å². The number of imide groups is 1. The average molecular weight is 543 g/mol. The van der Waals surface area contributed by atoms with Gasteiger partial charge in [0.1, 0.15) is 0 Å². The molecule has 6 heteroatoms. The maximum Gasteiger partial charge on any atom is 0.268 e. The van der Waals surface area contributed by atoms with Gasteiger partial charge in [-0.2, -0.15) is 0 Å². The van der Waals surface area contributed by atoms with Crippen molar-refractivity contribution in [2.75, 3.05) is 4.90 Å². The average Bonchev–Trinajstić information content (AvgIpc) is 3.52. The van der Waals surface area contributed by atoms with Gasteiger partial charge in [0.15, 0.2) is 0 Å². The Bertz CT molecular complexity index is 2080. The normalized spacial score (nSPS) is 12.8. The van der Waals surface area contributed by atoms with Crippen molar-refractivity contribution in [2.24, 2.45) is 0 Å². The predicted octanol–water partition coefficient (Wildman–Crippen LogP) is 7.71. The van der Waals surface area contributed by atoms with Gasteiger partial charge in [-0.25, -0.2) is 4.90 Å². The molecule has 4 heterocycles. The first-order valence-corrected chi connectivity index (χ1v) is 13.7. The third-order valence-electron chi connectivity index (χ3n) is 7.94. The molecule has 0 N–H and O–H groups in total. The maximum atomic E-state index is 14.0. The minimum Gasteiger partial charge on any atom is -0.308 e. The summed E-state index contributed by atoms with van der Waals surface area (Å²) in [6.45, 7) is 0. The van der Waals surface area contributed by atoms with E-state index >= 15 is 0 Å². The van der Waals surface area contributed by atoms with Crippen molar-refractivity contribution < 1.29 is 9.59 Å². The molecule has 0 saturated carbocycles. The van der Waals surface area contributed by atoms with E-state index in [0.29, 0.717) is 22.5 Å². The molecule has 1 aliphatic rings. The molecule has 4 aromatic carbocycles.